The number of carbonyl (C=O) groups excluding carboxylic acids is 2. The van der Waals surface area contributed by atoms with Gasteiger partial charge in [-0.3, -0.25) is 14.5 Å². The van der Waals surface area contributed by atoms with Gasteiger partial charge in [0.1, 0.15) is 5.75 Å². The van der Waals surface area contributed by atoms with Crippen molar-refractivity contribution in [1.29, 1.82) is 0 Å². The van der Waals surface area contributed by atoms with Crippen LogP contribution in [0.2, 0.25) is 6.32 Å². The number of aliphatic hydroxyl groups excluding tert-OH is 1. The lowest BCUT2D eigenvalue weighted by Crippen LogP contribution is -2.46. The first-order valence-corrected chi connectivity index (χ1v) is 15.8. The van der Waals surface area contributed by atoms with Gasteiger partial charge in [0.2, 0.25) is 11.8 Å². The number of fused-ring (bicyclic) bond motifs is 3. The van der Waals surface area contributed by atoms with E-state index < -0.39 is 25.1 Å². The minimum Gasteiger partial charge on any atom is -0.507 e. The largest absolute Gasteiger partial charge is 0.507 e. The SMILES string of the molecule is O=C1[C@@H]2[C@@H](CC(CO)=C3[C@@H](CC/C(=C/c4cc(Br)ccc4O)c4ccccc4)OB(O)C[C@@H]32)C(=O)N1Cc1cccs1. The first-order chi connectivity index (χ1) is 20.3. The highest BCUT2D eigenvalue weighted by Gasteiger charge is 2.57. The number of phenols is 1. The average Bonchev–Trinajstić information content (AvgIpc) is 3.59. The first kappa shape index (κ1) is 29.1. The Kier molecular flexibility index (Phi) is 8.52. The maximum absolute atomic E-state index is 13.7. The van der Waals surface area contributed by atoms with E-state index in [0.717, 1.165) is 31.6 Å². The molecular formula is C32H31BBrNO6S. The molecule has 2 saturated heterocycles. The molecule has 1 aromatic heterocycles. The number of phenolic OH excluding ortho intramolecular Hbond substituents is 1. The van der Waals surface area contributed by atoms with Crippen molar-refractivity contribution < 1.29 is 29.5 Å². The van der Waals surface area contributed by atoms with Crippen molar-refractivity contribution in [1.82, 2.24) is 4.90 Å². The monoisotopic (exact) mass is 647 g/mol. The molecule has 2 amide bonds. The number of benzene rings is 2. The number of thiophene rings is 1. The molecule has 0 bridgehead atoms. The number of amides is 2. The molecule has 3 N–H and O–H groups in total. The van der Waals surface area contributed by atoms with Gasteiger partial charge in [0, 0.05) is 14.9 Å². The maximum Gasteiger partial charge on any atom is 0.455 e. The third-order valence-corrected chi connectivity index (χ3v) is 9.98. The lowest BCUT2D eigenvalue weighted by Gasteiger charge is -2.43. The highest BCUT2D eigenvalue weighted by molar-refractivity contribution is 9.10. The Balaban J connectivity index is 1.30. The van der Waals surface area contributed by atoms with Gasteiger partial charge < -0.3 is 19.9 Å². The van der Waals surface area contributed by atoms with E-state index in [2.05, 4.69) is 15.9 Å². The molecule has 0 saturated carbocycles. The number of nitrogens with zero attached hydrogens (tertiary/aromatic N) is 1. The van der Waals surface area contributed by atoms with Gasteiger partial charge in [-0.15, -0.1) is 11.3 Å². The number of hydrogen-bond acceptors (Lipinski definition) is 7. The number of hydrogen-bond donors (Lipinski definition) is 3. The highest BCUT2D eigenvalue weighted by atomic mass is 79.9. The maximum atomic E-state index is 13.7. The summed E-state index contributed by atoms with van der Waals surface area (Å²) in [5.41, 5.74) is 4.21. The van der Waals surface area contributed by atoms with Crippen LogP contribution < -0.4 is 0 Å². The molecule has 216 valence electrons. The Morgan fingerprint density at radius 2 is 1.90 bits per heavy atom. The molecular weight excluding hydrogens is 617 g/mol. The number of aliphatic hydroxyl groups is 1. The van der Waals surface area contributed by atoms with Crippen molar-refractivity contribution >= 4 is 57.8 Å². The quantitative estimate of drug-likeness (QED) is 0.129. The van der Waals surface area contributed by atoms with Crippen LogP contribution in [0.1, 0.15) is 35.3 Å². The summed E-state index contributed by atoms with van der Waals surface area (Å²) in [6, 6.07) is 19.0. The van der Waals surface area contributed by atoms with Crippen LogP contribution in [-0.4, -0.2) is 51.8 Å². The summed E-state index contributed by atoms with van der Waals surface area (Å²) in [7, 11) is -1.09. The Labute approximate surface area is 257 Å². The van der Waals surface area contributed by atoms with Crippen LogP contribution in [0.3, 0.4) is 0 Å². The number of carbonyl (C=O) groups is 2. The molecule has 7 nitrogen and oxygen atoms in total. The fourth-order valence-corrected chi connectivity index (χ4v) is 7.83. The van der Waals surface area contributed by atoms with Crippen LogP contribution in [0.4, 0.5) is 0 Å². The van der Waals surface area contributed by atoms with Crippen molar-refractivity contribution in [2.24, 2.45) is 17.8 Å². The molecule has 0 spiro atoms. The van der Waals surface area contributed by atoms with E-state index in [1.807, 2.05) is 60.0 Å². The first-order valence-electron chi connectivity index (χ1n) is 14.1. The lowest BCUT2D eigenvalue weighted by molar-refractivity contribution is -0.140. The molecule has 4 atom stereocenters. The number of aromatic hydroxyl groups is 1. The van der Waals surface area contributed by atoms with Crippen LogP contribution in [0.15, 0.2) is 81.7 Å². The minimum absolute atomic E-state index is 0.163. The average molecular weight is 648 g/mol. The number of halogens is 1. The van der Waals surface area contributed by atoms with Gasteiger partial charge in [0.15, 0.2) is 0 Å². The number of likely N-dealkylation sites (tertiary alicyclic amines) is 1. The van der Waals surface area contributed by atoms with Crippen LogP contribution in [0.25, 0.3) is 11.6 Å². The highest BCUT2D eigenvalue weighted by Crippen LogP contribution is 2.51. The Morgan fingerprint density at radius 3 is 2.64 bits per heavy atom. The molecule has 6 rings (SSSR count). The zero-order valence-electron chi connectivity index (χ0n) is 22.9. The van der Waals surface area contributed by atoms with Gasteiger partial charge >= 0.3 is 7.12 Å². The summed E-state index contributed by atoms with van der Waals surface area (Å²) in [6.45, 7) is 0.0136. The van der Waals surface area contributed by atoms with E-state index in [-0.39, 0.29) is 43.0 Å². The van der Waals surface area contributed by atoms with Crippen molar-refractivity contribution in [2.75, 3.05) is 6.61 Å². The second-order valence-electron chi connectivity index (χ2n) is 11.1. The number of imide groups is 1. The smallest absolute Gasteiger partial charge is 0.455 e. The fourth-order valence-electron chi connectivity index (χ4n) is 6.76. The standard InChI is InChI=1S/C32H31BBrNO6S/c34-23-9-10-27(37)21(14-23)13-20(19-5-2-1-3-6-19)8-11-28-29-22(18-36)15-25-30(26(29)16-33(40)41-28)32(39)35(31(25)38)17-24-7-4-12-42-24/h1-7,9-10,12-14,25-26,28,30,36-37,40H,8,11,15-18H2/b20-13-/t25-,26+,28-,30-/m1/s1. The van der Waals surface area contributed by atoms with Gasteiger partial charge in [-0.05, 0) is 89.5 Å². The van der Waals surface area contributed by atoms with Gasteiger partial charge in [-0.2, -0.15) is 0 Å². The summed E-state index contributed by atoms with van der Waals surface area (Å²) in [5.74, 6) is -1.76. The van der Waals surface area contributed by atoms with Crippen LogP contribution in [-0.2, 0) is 20.8 Å². The summed E-state index contributed by atoms with van der Waals surface area (Å²) in [4.78, 5) is 29.5. The third kappa shape index (κ3) is 5.66. The van der Waals surface area contributed by atoms with Gasteiger partial charge in [-0.25, -0.2) is 0 Å². The zero-order chi connectivity index (χ0) is 29.4. The van der Waals surface area contributed by atoms with Crippen LogP contribution in [0, 0.1) is 17.8 Å². The van der Waals surface area contributed by atoms with Gasteiger partial charge in [0.25, 0.3) is 0 Å². The number of rotatable bonds is 8. The molecule has 0 radical (unpaired) electrons. The van der Waals surface area contributed by atoms with Crippen LogP contribution in [0.5, 0.6) is 5.75 Å². The molecule has 2 aromatic carbocycles. The summed E-state index contributed by atoms with van der Waals surface area (Å²) in [5, 5.41) is 33.7. The molecule has 42 heavy (non-hydrogen) atoms. The van der Waals surface area contributed by atoms with E-state index in [4.69, 9.17) is 4.65 Å². The van der Waals surface area contributed by atoms with Gasteiger partial charge in [-0.1, -0.05) is 52.3 Å². The molecule has 2 fully saturated rings. The topological polar surface area (TPSA) is 107 Å². The zero-order valence-corrected chi connectivity index (χ0v) is 25.3. The summed E-state index contributed by atoms with van der Waals surface area (Å²) in [6.07, 6.45) is 2.97. The lowest BCUT2D eigenvalue weighted by atomic mass is 9.58. The molecule has 1 aliphatic carbocycles. The molecule has 3 aromatic rings. The Hall–Kier alpha value is -3.02. The fraction of sp³-hybridized carbons (Fsp3) is 0.312. The van der Waals surface area contributed by atoms with Crippen molar-refractivity contribution in [3.63, 3.8) is 0 Å². The van der Waals surface area contributed by atoms with E-state index in [1.54, 1.807) is 12.1 Å². The normalized spacial score (nSPS) is 24.3. The molecule has 0 unspecified atom stereocenters. The summed E-state index contributed by atoms with van der Waals surface area (Å²) >= 11 is 4.99. The van der Waals surface area contributed by atoms with Crippen LogP contribution >= 0.6 is 27.3 Å². The van der Waals surface area contributed by atoms with E-state index in [1.165, 1.54) is 16.2 Å². The Morgan fingerprint density at radius 1 is 1.10 bits per heavy atom. The van der Waals surface area contributed by atoms with Gasteiger partial charge in [0.05, 0.1) is 31.1 Å². The van der Waals surface area contributed by atoms with Crippen molar-refractivity contribution in [3.8, 4) is 5.75 Å². The predicted octanol–water partition coefficient (Wildman–Crippen LogP) is 5.53. The predicted molar refractivity (Wildman–Crippen MR) is 166 cm³/mol. The molecule has 3 aliphatic rings. The Bertz CT molecular complexity index is 1540. The molecule has 10 heteroatoms. The van der Waals surface area contributed by atoms with E-state index >= 15 is 0 Å². The van der Waals surface area contributed by atoms with Crippen molar-refractivity contribution in [3.05, 3.63) is 97.7 Å². The second-order valence-corrected chi connectivity index (χ2v) is 13.0. The molecule has 3 heterocycles. The van der Waals surface area contributed by atoms with Crippen molar-refractivity contribution in [2.45, 2.75) is 38.2 Å². The molecule has 2 aliphatic heterocycles. The summed E-state index contributed by atoms with van der Waals surface area (Å²) < 4.78 is 6.93. The van der Waals surface area contributed by atoms with E-state index in [0.29, 0.717) is 24.8 Å². The second kappa shape index (κ2) is 12.3. The number of allylic oxidation sites excluding steroid dienone is 1. The van der Waals surface area contributed by atoms with E-state index in [9.17, 15) is 24.8 Å². The third-order valence-electron chi connectivity index (χ3n) is 8.62. The minimum atomic E-state index is -1.09.